The van der Waals surface area contributed by atoms with Crippen molar-refractivity contribution in [2.75, 3.05) is 26.3 Å². The molecule has 1 unspecified atom stereocenters. The zero-order valence-electron chi connectivity index (χ0n) is 11.8. The fourth-order valence-corrected chi connectivity index (χ4v) is 2.81. The maximum Gasteiger partial charge on any atom is 0.228 e. The van der Waals surface area contributed by atoms with Crippen molar-refractivity contribution in [2.45, 2.75) is 25.4 Å². The molecule has 1 aromatic rings. The summed E-state index contributed by atoms with van der Waals surface area (Å²) in [6, 6.07) is 4.52. The Morgan fingerprint density at radius 3 is 2.81 bits per heavy atom. The molecule has 2 saturated heterocycles. The quantitative estimate of drug-likeness (QED) is 0.795. The summed E-state index contributed by atoms with van der Waals surface area (Å²) in [7, 11) is 0. The molecule has 2 aliphatic heterocycles. The first-order valence-corrected chi connectivity index (χ1v) is 7.38. The standard InChI is InChI=1S/C15H19FN2O3/c16-13-2-1-3-14(17-13)21-12-4-7-18(8-5-12)15(19)11-6-9-20-10-11/h1-3,11-12H,4-10H2. The molecule has 3 rings (SSSR count). The zero-order chi connectivity index (χ0) is 14.7. The number of ether oxygens (including phenoxy) is 2. The largest absolute Gasteiger partial charge is 0.474 e. The van der Waals surface area contributed by atoms with Gasteiger partial charge in [-0.1, -0.05) is 6.07 Å². The molecule has 1 atom stereocenters. The average molecular weight is 294 g/mol. The first-order valence-electron chi connectivity index (χ1n) is 7.38. The average Bonchev–Trinajstić information content (AvgIpc) is 3.01. The number of pyridine rings is 1. The number of nitrogens with zero attached hydrogens (tertiary/aromatic N) is 2. The van der Waals surface area contributed by atoms with Crippen LogP contribution >= 0.6 is 0 Å². The van der Waals surface area contributed by atoms with Crippen LogP contribution in [0.25, 0.3) is 0 Å². The van der Waals surface area contributed by atoms with Crippen molar-refractivity contribution in [3.63, 3.8) is 0 Å². The second kappa shape index (κ2) is 6.39. The van der Waals surface area contributed by atoms with Gasteiger partial charge in [0, 0.05) is 38.6 Å². The maximum atomic E-state index is 13.0. The van der Waals surface area contributed by atoms with E-state index in [0.29, 0.717) is 32.2 Å². The van der Waals surface area contributed by atoms with Crippen molar-refractivity contribution in [3.8, 4) is 5.88 Å². The topological polar surface area (TPSA) is 51.7 Å². The van der Waals surface area contributed by atoms with Gasteiger partial charge in [-0.2, -0.15) is 9.37 Å². The van der Waals surface area contributed by atoms with Crippen LogP contribution in [0.5, 0.6) is 5.88 Å². The van der Waals surface area contributed by atoms with E-state index in [-0.39, 0.29) is 17.9 Å². The number of hydrogen-bond acceptors (Lipinski definition) is 4. The first-order chi connectivity index (χ1) is 10.2. The van der Waals surface area contributed by atoms with E-state index in [2.05, 4.69) is 4.98 Å². The number of halogens is 1. The van der Waals surface area contributed by atoms with Gasteiger partial charge in [-0.05, 0) is 12.5 Å². The molecule has 21 heavy (non-hydrogen) atoms. The summed E-state index contributed by atoms with van der Waals surface area (Å²) in [6.45, 7) is 2.58. The van der Waals surface area contributed by atoms with Crippen LogP contribution in [-0.2, 0) is 9.53 Å². The molecule has 2 aliphatic rings. The Kier molecular flexibility index (Phi) is 4.34. The summed E-state index contributed by atoms with van der Waals surface area (Å²) in [5.41, 5.74) is 0. The Bertz CT molecular complexity index is 497. The van der Waals surface area contributed by atoms with E-state index in [4.69, 9.17) is 9.47 Å². The van der Waals surface area contributed by atoms with E-state index in [1.807, 2.05) is 4.90 Å². The Morgan fingerprint density at radius 2 is 2.14 bits per heavy atom. The van der Waals surface area contributed by atoms with Gasteiger partial charge in [0.05, 0.1) is 12.5 Å². The number of piperidine rings is 1. The van der Waals surface area contributed by atoms with E-state index >= 15 is 0 Å². The number of hydrogen-bond donors (Lipinski definition) is 0. The van der Waals surface area contributed by atoms with Crippen LogP contribution in [0.3, 0.4) is 0 Å². The molecular weight excluding hydrogens is 275 g/mol. The highest BCUT2D eigenvalue weighted by Crippen LogP contribution is 2.21. The van der Waals surface area contributed by atoms with Crippen molar-refractivity contribution in [1.82, 2.24) is 9.88 Å². The molecule has 0 N–H and O–H groups in total. The second-order valence-electron chi connectivity index (χ2n) is 5.50. The van der Waals surface area contributed by atoms with Crippen LogP contribution in [0.2, 0.25) is 0 Å². The number of rotatable bonds is 3. The SMILES string of the molecule is O=C(C1CCOC1)N1CCC(Oc2cccc(F)n2)CC1. The van der Waals surface area contributed by atoms with Crippen LogP contribution in [0.15, 0.2) is 18.2 Å². The van der Waals surface area contributed by atoms with Gasteiger partial charge in [0.1, 0.15) is 6.10 Å². The van der Waals surface area contributed by atoms with Crippen LogP contribution in [-0.4, -0.2) is 48.2 Å². The monoisotopic (exact) mass is 294 g/mol. The number of amides is 1. The first kappa shape index (κ1) is 14.3. The lowest BCUT2D eigenvalue weighted by atomic mass is 10.0. The molecule has 5 nitrogen and oxygen atoms in total. The number of likely N-dealkylation sites (tertiary alicyclic amines) is 1. The highest BCUT2D eigenvalue weighted by Gasteiger charge is 2.31. The molecule has 0 radical (unpaired) electrons. The second-order valence-corrected chi connectivity index (χ2v) is 5.50. The predicted octanol–water partition coefficient (Wildman–Crippen LogP) is 1.63. The lowest BCUT2D eigenvalue weighted by Gasteiger charge is -2.33. The van der Waals surface area contributed by atoms with Gasteiger partial charge in [0.25, 0.3) is 0 Å². The van der Waals surface area contributed by atoms with Gasteiger partial charge in [-0.25, -0.2) is 0 Å². The molecule has 6 heteroatoms. The van der Waals surface area contributed by atoms with Crippen molar-refractivity contribution >= 4 is 5.91 Å². The number of aromatic nitrogens is 1. The summed E-state index contributed by atoms with van der Waals surface area (Å²) in [4.78, 5) is 17.8. The highest BCUT2D eigenvalue weighted by molar-refractivity contribution is 5.79. The Labute approximate surface area is 123 Å². The molecule has 0 spiro atoms. The predicted molar refractivity (Wildman–Crippen MR) is 73.4 cm³/mol. The third-order valence-electron chi connectivity index (χ3n) is 4.01. The highest BCUT2D eigenvalue weighted by atomic mass is 19.1. The van der Waals surface area contributed by atoms with E-state index in [9.17, 15) is 9.18 Å². The number of carbonyl (C=O) groups excluding carboxylic acids is 1. The van der Waals surface area contributed by atoms with Crippen molar-refractivity contribution in [3.05, 3.63) is 24.1 Å². The molecule has 2 fully saturated rings. The summed E-state index contributed by atoms with van der Waals surface area (Å²) in [5.74, 6) is -0.0208. The van der Waals surface area contributed by atoms with E-state index in [1.165, 1.54) is 6.07 Å². The van der Waals surface area contributed by atoms with E-state index in [1.54, 1.807) is 12.1 Å². The van der Waals surface area contributed by atoms with E-state index in [0.717, 1.165) is 19.3 Å². The normalized spacial score (nSPS) is 23.3. The van der Waals surface area contributed by atoms with Crippen molar-refractivity contribution in [1.29, 1.82) is 0 Å². The molecule has 0 bridgehead atoms. The third kappa shape index (κ3) is 3.50. The molecule has 114 valence electrons. The maximum absolute atomic E-state index is 13.0. The lowest BCUT2D eigenvalue weighted by Crippen LogP contribution is -2.44. The van der Waals surface area contributed by atoms with E-state index < -0.39 is 5.95 Å². The summed E-state index contributed by atoms with van der Waals surface area (Å²) < 4.78 is 23.9. The summed E-state index contributed by atoms with van der Waals surface area (Å²) >= 11 is 0. The fraction of sp³-hybridized carbons (Fsp3) is 0.600. The molecule has 0 aromatic carbocycles. The Morgan fingerprint density at radius 1 is 1.33 bits per heavy atom. The van der Waals surface area contributed by atoms with Crippen LogP contribution < -0.4 is 4.74 Å². The smallest absolute Gasteiger partial charge is 0.228 e. The Hall–Kier alpha value is -1.69. The summed E-state index contributed by atoms with van der Waals surface area (Å²) in [5, 5.41) is 0. The number of carbonyl (C=O) groups is 1. The van der Waals surface area contributed by atoms with Crippen molar-refractivity contribution < 1.29 is 18.7 Å². The van der Waals surface area contributed by atoms with Gasteiger partial charge < -0.3 is 14.4 Å². The van der Waals surface area contributed by atoms with Crippen LogP contribution in [0.1, 0.15) is 19.3 Å². The van der Waals surface area contributed by atoms with Gasteiger partial charge >= 0.3 is 0 Å². The van der Waals surface area contributed by atoms with Crippen molar-refractivity contribution in [2.24, 2.45) is 5.92 Å². The lowest BCUT2D eigenvalue weighted by molar-refractivity contribution is -0.137. The fourth-order valence-electron chi connectivity index (χ4n) is 2.81. The minimum absolute atomic E-state index is 0.0109. The molecule has 0 saturated carbocycles. The minimum Gasteiger partial charge on any atom is -0.474 e. The third-order valence-corrected chi connectivity index (χ3v) is 4.01. The minimum atomic E-state index is -0.540. The summed E-state index contributed by atoms with van der Waals surface area (Å²) in [6.07, 6.45) is 2.31. The van der Waals surface area contributed by atoms with Gasteiger partial charge in [0.15, 0.2) is 0 Å². The molecule has 0 aliphatic carbocycles. The molecule has 3 heterocycles. The molecule has 1 aromatic heterocycles. The molecular formula is C15H19FN2O3. The Balaban J connectivity index is 1.49. The molecule has 1 amide bonds. The van der Waals surface area contributed by atoms with Crippen LogP contribution in [0.4, 0.5) is 4.39 Å². The van der Waals surface area contributed by atoms with Gasteiger partial charge in [-0.3, -0.25) is 4.79 Å². The van der Waals surface area contributed by atoms with Crippen LogP contribution in [0, 0.1) is 11.9 Å². The van der Waals surface area contributed by atoms with Gasteiger partial charge in [-0.15, -0.1) is 0 Å². The zero-order valence-corrected chi connectivity index (χ0v) is 11.8. The van der Waals surface area contributed by atoms with Gasteiger partial charge in [0.2, 0.25) is 17.7 Å².